The number of halogens is 3. The number of alkyl halides is 3. The molecule has 0 spiro atoms. The number of nitrogens with zero attached hydrogens (tertiary/aromatic N) is 1. The number of hydrogen-bond acceptors (Lipinski definition) is 4. The minimum absolute atomic E-state index is 0.271. The van der Waals surface area contributed by atoms with Crippen LogP contribution < -0.4 is 10.1 Å². The average molecular weight is 326 g/mol. The minimum atomic E-state index is -4.57. The average Bonchev–Trinajstić information content (AvgIpc) is 2.53. The molecule has 8 heteroatoms. The van der Waals surface area contributed by atoms with Crippen LogP contribution in [0, 0.1) is 0 Å². The topological polar surface area (TPSA) is 71.5 Å². The molecular formula is C15H13F3N2O3. The number of rotatable bonds is 5. The van der Waals surface area contributed by atoms with Gasteiger partial charge in [0.1, 0.15) is 5.75 Å². The van der Waals surface area contributed by atoms with E-state index in [0.29, 0.717) is 5.56 Å². The van der Waals surface area contributed by atoms with E-state index in [1.165, 1.54) is 30.6 Å². The van der Waals surface area contributed by atoms with Gasteiger partial charge < -0.3 is 15.2 Å². The molecule has 0 atom stereocenters. The summed E-state index contributed by atoms with van der Waals surface area (Å²) in [4.78, 5) is 15.6. The first-order chi connectivity index (χ1) is 10.9. The smallest absolute Gasteiger partial charge is 0.419 e. The van der Waals surface area contributed by atoms with Crippen molar-refractivity contribution in [2.24, 2.45) is 0 Å². The maximum atomic E-state index is 12.8. The van der Waals surface area contributed by atoms with E-state index in [1.54, 1.807) is 0 Å². The predicted octanol–water partition coefficient (Wildman–Crippen LogP) is 2.61. The van der Waals surface area contributed by atoms with Gasteiger partial charge in [-0.3, -0.25) is 9.78 Å². The van der Waals surface area contributed by atoms with Crippen LogP contribution in [0.15, 0.2) is 42.7 Å². The molecule has 0 aliphatic heterocycles. The number of ether oxygens (including phenoxy) is 1. The van der Waals surface area contributed by atoms with Crippen LogP contribution in [0.2, 0.25) is 0 Å². The normalized spacial score (nSPS) is 11.1. The molecule has 0 radical (unpaired) electrons. The van der Waals surface area contributed by atoms with E-state index in [-0.39, 0.29) is 12.3 Å². The van der Waals surface area contributed by atoms with E-state index in [4.69, 9.17) is 9.84 Å². The lowest BCUT2D eigenvalue weighted by atomic mass is 10.2. The number of nitrogens with one attached hydrogen (secondary N) is 1. The second kappa shape index (κ2) is 7.10. The number of aliphatic hydroxyl groups excluding tert-OH is 1. The second-order valence-electron chi connectivity index (χ2n) is 4.52. The number of amides is 1. The highest BCUT2D eigenvalue weighted by Crippen LogP contribution is 2.35. The first-order valence-corrected chi connectivity index (χ1v) is 6.54. The molecule has 0 saturated heterocycles. The van der Waals surface area contributed by atoms with Gasteiger partial charge in [-0.1, -0.05) is 12.1 Å². The number of benzene rings is 1. The fraction of sp³-hybridized carbons (Fsp3) is 0.200. The van der Waals surface area contributed by atoms with Gasteiger partial charge in [0.2, 0.25) is 0 Å². The molecule has 1 aromatic carbocycles. The van der Waals surface area contributed by atoms with E-state index in [2.05, 4.69) is 10.3 Å². The number of anilines is 1. The van der Waals surface area contributed by atoms with Gasteiger partial charge in [0.15, 0.2) is 6.61 Å². The number of aromatic nitrogens is 1. The Balaban J connectivity index is 2.03. The Bertz CT molecular complexity index is 690. The summed E-state index contributed by atoms with van der Waals surface area (Å²) < 4.78 is 43.4. The summed E-state index contributed by atoms with van der Waals surface area (Å²) in [7, 11) is 0. The standard InChI is InChI=1S/C15H13F3N2O3/c16-15(17,18)11-3-1-2-4-13(11)23-9-14(22)20-12-7-19-6-5-10(12)8-21/h1-7,21H,8-9H2,(H,20,22). The Morgan fingerprint density at radius 1 is 1.26 bits per heavy atom. The third-order valence-electron chi connectivity index (χ3n) is 2.91. The van der Waals surface area contributed by atoms with Gasteiger partial charge in [-0.25, -0.2) is 0 Å². The Morgan fingerprint density at radius 3 is 2.70 bits per heavy atom. The molecule has 1 heterocycles. The van der Waals surface area contributed by atoms with E-state index >= 15 is 0 Å². The van der Waals surface area contributed by atoms with Crippen molar-refractivity contribution < 1.29 is 27.8 Å². The maximum Gasteiger partial charge on any atom is 0.419 e. The van der Waals surface area contributed by atoms with Crippen LogP contribution in [0.25, 0.3) is 0 Å². The third kappa shape index (κ3) is 4.43. The van der Waals surface area contributed by atoms with E-state index < -0.39 is 30.0 Å². The number of carbonyl (C=O) groups is 1. The van der Waals surface area contributed by atoms with Crippen molar-refractivity contribution in [3.8, 4) is 5.75 Å². The lowest BCUT2D eigenvalue weighted by Crippen LogP contribution is -2.22. The fourth-order valence-corrected chi connectivity index (χ4v) is 1.83. The van der Waals surface area contributed by atoms with Crippen molar-refractivity contribution in [1.29, 1.82) is 0 Å². The SMILES string of the molecule is O=C(COc1ccccc1C(F)(F)F)Nc1cnccc1CO. The molecular weight excluding hydrogens is 313 g/mol. The number of carbonyl (C=O) groups excluding carboxylic acids is 1. The Hall–Kier alpha value is -2.61. The van der Waals surface area contributed by atoms with Crippen molar-refractivity contribution in [3.05, 3.63) is 53.9 Å². The molecule has 0 fully saturated rings. The first-order valence-electron chi connectivity index (χ1n) is 6.54. The van der Waals surface area contributed by atoms with Crippen molar-refractivity contribution in [2.75, 3.05) is 11.9 Å². The van der Waals surface area contributed by atoms with Crippen LogP contribution in [-0.2, 0) is 17.6 Å². The van der Waals surface area contributed by atoms with E-state index in [9.17, 15) is 18.0 Å². The highest BCUT2D eigenvalue weighted by Gasteiger charge is 2.34. The van der Waals surface area contributed by atoms with Gasteiger partial charge in [0.05, 0.1) is 24.1 Å². The highest BCUT2D eigenvalue weighted by molar-refractivity contribution is 5.92. The van der Waals surface area contributed by atoms with Gasteiger partial charge in [0, 0.05) is 11.8 Å². The van der Waals surface area contributed by atoms with E-state index in [1.807, 2.05) is 0 Å². The fourth-order valence-electron chi connectivity index (χ4n) is 1.83. The zero-order chi connectivity index (χ0) is 16.9. The van der Waals surface area contributed by atoms with Crippen LogP contribution in [0.1, 0.15) is 11.1 Å². The molecule has 0 unspecified atom stereocenters. The van der Waals surface area contributed by atoms with Gasteiger partial charge in [0.25, 0.3) is 5.91 Å². The second-order valence-corrected chi connectivity index (χ2v) is 4.52. The van der Waals surface area contributed by atoms with Crippen LogP contribution in [-0.4, -0.2) is 22.6 Å². The Kier molecular flexibility index (Phi) is 5.17. The predicted molar refractivity (Wildman–Crippen MR) is 75.7 cm³/mol. The lowest BCUT2D eigenvalue weighted by Gasteiger charge is -2.14. The molecule has 1 amide bonds. The van der Waals surface area contributed by atoms with Crippen molar-refractivity contribution in [3.63, 3.8) is 0 Å². The summed E-state index contributed by atoms with van der Waals surface area (Å²) in [6.07, 6.45) is -1.80. The van der Waals surface area contributed by atoms with Gasteiger partial charge >= 0.3 is 6.18 Å². The maximum absolute atomic E-state index is 12.8. The zero-order valence-corrected chi connectivity index (χ0v) is 11.8. The molecule has 2 N–H and O–H groups in total. The minimum Gasteiger partial charge on any atom is -0.483 e. The Labute approximate surface area is 129 Å². The number of para-hydroxylation sites is 1. The van der Waals surface area contributed by atoms with Crippen molar-refractivity contribution in [2.45, 2.75) is 12.8 Å². The number of hydrogen-bond donors (Lipinski definition) is 2. The molecule has 0 aliphatic rings. The molecule has 0 bridgehead atoms. The summed E-state index contributed by atoms with van der Waals surface area (Å²) in [5, 5.41) is 11.6. The molecule has 23 heavy (non-hydrogen) atoms. The van der Waals surface area contributed by atoms with Crippen LogP contribution in [0.5, 0.6) is 5.75 Å². The molecule has 0 aliphatic carbocycles. The molecule has 122 valence electrons. The zero-order valence-electron chi connectivity index (χ0n) is 11.8. The first kappa shape index (κ1) is 16.8. The van der Waals surface area contributed by atoms with Crippen LogP contribution in [0.3, 0.4) is 0 Å². The lowest BCUT2D eigenvalue weighted by molar-refractivity contribution is -0.139. The van der Waals surface area contributed by atoms with Gasteiger partial charge in [-0.15, -0.1) is 0 Å². The molecule has 2 aromatic rings. The van der Waals surface area contributed by atoms with Gasteiger partial charge in [-0.2, -0.15) is 13.2 Å². The monoisotopic (exact) mass is 326 g/mol. The summed E-state index contributed by atoms with van der Waals surface area (Å²) >= 11 is 0. The van der Waals surface area contributed by atoms with Crippen molar-refractivity contribution >= 4 is 11.6 Å². The summed E-state index contributed by atoms with van der Waals surface area (Å²) in [5.41, 5.74) is -0.248. The quantitative estimate of drug-likeness (QED) is 0.886. The number of pyridine rings is 1. The summed E-state index contributed by atoms with van der Waals surface area (Å²) in [5.74, 6) is -1.09. The molecule has 5 nitrogen and oxygen atoms in total. The van der Waals surface area contributed by atoms with Crippen molar-refractivity contribution in [1.82, 2.24) is 4.98 Å². The molecule has 1 aromatic heterocycles. The largest absolute Gasteiger partial charge is 0.483 e. The highest BCUT2D eigenvalue weighted by atomic mass is 19.4. The summed E-state index contributed by atoms with van der Waals surface area (Å²) in [6.45, 7) is -0.914. The summed E-state index contributed by atoms with van der Waals surface area (Å²) in [6, 6.07) is 6.14. The Morgan fingerprint density at radius 2 is 2.00 bits per heavy atom. The third-order valence-corrected chi connectivity index (χ3v) is 2.91. The molecule has 2 rings (SSSR count). The van der Waals surface area contributed by atoms with Crippen LogP contribution in [0.4, 0.5) is 18.9 Å². The van der Waals surface area contributed by atoms with E-state index in [0.717, 1.165) is 12.1 Å². The van der Waals surface area contributed by atoms with Gasteiger partial charge in [-0.05, 0) is 18.2 Å². The number of aliphatic hydroxyl groups is 1. The van der Waals surface area contributed by atoms with Crippen LogP contribution >= 0.6 is 0 Å². The molecule has 0 saturated carbocycles.